The summed E-state index contributed by atoms with van der Waals surface area (Å²) in [5.41, 5.74) is 1.32. The molecule has 1 fully saturated rings. The number of halogens is 2. The smallest absolute Gasteiger partial charge is 0.270 e. The van der Waals surface area contributed by atoms with Gasteiger partial charge < -0.3 is 9.88 Å². The molecule has 1 aliphatic rings. The van der Waals surface area contributed by atoms with Crippen LogP contribution in [0.3, 0.4) is 0 Å². The summed E-state index contributed by atoms with van der Waals surface area (Å²) < 4.78 is 29.3. The van der Waals surface area contributed by atoms with Crippen LogP contribution in [0.15, 0.2) is 84.6 Å². The topological polar surface area (TPSA) is 83.4 Å². The first-order valence-corrected chi connectivity index (χ1v) is 11.5. The fraction of sp³-hybridized carbons (Fsp3) is 0.0370. The molecule has 0 bridgehead atoms. The highest BCUT2D eigenvalue weighted by Gasteiger charge is 2.35. The van der Waals surface area contributed by atoms with Crippen molar-refractivity contribution in [3.05, 3.63) is 102 Å². The lowest BCUT2D eigenvalue weighted by Crippen LogP contribution is -2.54. The summed E-state index contributed by atoms with van der Waals surface area (Å²) in [6, 6.07) is 18.2. The molecule has 0 atom stereocenters. The van der Waals surface area contributed by atoms with Gasteiger partial charge in [-0.1, -0.05) is 30.3 Å². The Morgan fingerprint density at radius 1 is 0.973 bits per heavy atom. The van der Waals surface area contributed by atoms with Crippen LogP contribution in [0.5, 0.6) is 0 Å². The van der Waals surface area contributed by atoms with Crippen LogP contribution >= 0.6 is 12.2 Å². The largest absolute Gasteiger partial charge is 0.337 e. The number of carbonyl (C=O) groups is 3. The number of hydrogen-bond acceptors (Lipinski definition) is 4. The van der Waals surface area contributed by atoms with Crippen molar-refractivity contribution in [1.29, 1.82) is 0 Å². The standard InChI is InChI=1S/C27H18F2N4O3S/c28-17-9-11-18(12-10-17)30-24(34)15-32-14-16(19-5-1-3-7-22(19)32)13-20-25(35)31-27(37)33(26(20)36)23-8-4-2-6-21(23)29/h1-14H,15H2,(H,30,34)(H,31,35,37)/b20-13-. The normalized spacial score (nSPS) is 14.8. The van der Waals surface area contributed by atoms with Gasteiger partial charge in [-0.25, -0.2) is 13.7 Å². The van der Waals surface area contributed by atoms with Gasteiger partial charge in [-0.3, -0.25) is 19.7 Å². The monoisotopic (exact) mass is 516 g/mol. The summed E-state index contributed by atoms with van der Waals surface area (Å²) in [5.74, 6) is -2.92. The summed E-state index contributed by atoms with van der Waals surface area (Å²) in [4.78, 5) is 39.6. The Morgan fingerprint density at radius 3 is 2.43 bits per heavy atom. The number of hydrogen-bond donors (Lipinski definition) is 2. The van der Waals surface area contributed by atoms with Crippen LogP contribution in [-0.2, 0) is 20.9 Å². The van der Waals surface area contributed by atoms with Crippen LogP contribution in [0, 0.1) is 11.6 Å². The van der Waals surface area contributed by atoms with Gasteiger partial charge in [0.2, 0.25) is 5.91 Å². The lowest BCUT2D eigenvalue weighted by Gasteiger charge is -2.29. The highest BCUT2D eigenvalue weighted by atomic mass is 32.1. The van der Waals surface area contributed by atoms with Gasteiger partial charge in [-0.05, 0) is 60.8 Å². The average Bonchev–Trinajstić information content (AvgIpc) is 3.21. The van der Waals surface area contributed by atoms with E-state index in [1.807, 2.05) is 0 Å². The average molecular weight is 517 g/mol. The van der Waals surface area contributed by atoms with E-state index in [4.69, 9.17) is 12.2 Å². The Hall–Kier alpha value is -4.70. The van der Waals surface area contributed by atoms with Gasteiger partial charge >= 0.3 is 0 Å². The van der Waals surface area contributed by atoms with Gasteiger partial charge in [0.25, 0.3) is 11.8 Å². The minimum atomic E-state index is -0.773. The third-order valence-corrected chi connectivity index (χ3v) is 6.04. The molecule has 0 unspecified atom stereocenters. The maximum atomic E-state index is 14.4. The number of rotatable bonds is 5. The lowest BCUT2D eigenvalue weighted by molar-refractivity contribution is -0.122. The first-order chi connectivity index (χ1) is 17.8. The Bertz CT molecular complexity index is 1610. The predicted molar refractivity (Wildman–Crippen MR) is 140 cm³/mol. The van der Waals surface area contributed by atoms with Crippen molar-refractivity contribution in [2.24, 2.45) is 0 Å². The van der Waals surface area contributed by atoms with Gasteiger partial charge in [0.15, 0.2) is 5.11 Å². The number of amides is 3. The van der Waals surface area contributed by atoms with E-state index in [9.17, 15) is 23.2 Å². The van der Waals surface area contributed by atoms with Crippen LogP contribution in [0.2, 0.25) is 0 Å². The van der Waals surface area contributed by atoms with Crippen molar-refractivity contribution in [1.82, 2.24) is 9.88 Å². The third kappa shape index (κ3) is 4.74. The van der Waals surface area contributed by atoms with Gasteiger partial charge in [-0.15, -0.1) is 0 Å². The molecule has 2 heterocycles. The number of fused-ring (bicyclic) bond motifs is 1. The van der Waals surface area contributed by atoms with Crippen molar-refractivity contribution in [2.75, 3.05) is 10.2 Å². The SMILES string of the molecule is O=C(Cn1cc(/C=C2/C(=O)NC(=S)N(c3ccccc3F)C2=O)c2ccccc21)Nc1ccc(F)cc1. The highest BCUT2D eigenvalue weighted by Crippen LogP contribution is 2.28. The number of nitrogens with zero attached hydrogens (tertiary/aromatic N) is 2. The van der Waals surface area contributed by atoms with Gasteiger partial charge in [0.1, 0.15) is 23.8 Å². The molecule has 3 aromatic carbocycles. The quantitative estimate of drug-likeness (QED) is 0.234. The molecule has 10 heteroatoms. The molecular formula is C27H18F2N4O3S. The molecule has 0 radical (unpaired) electrons. The molecule has 0 saturated carbocycles. The zero-order chi connectivity index (χ0) is 26.1. The molecular weight excluding hydrogens is 498 g/mol. The Labute approximate surface area is 215 Å². The first kappa shape index (κ1) is 24.0. The highest BCUT2D eigenvalue weighted by molar-refractivity contribution is 7.80. The number of benzene rings is 3. The number of carbonyl (C=O) groups excluding carboxylic acids is 3. The van der Waals surface area contributed by atoms with Crippen LogP contribution < -0.4 is 15.5 Å². The summed E-state index contributed by atoms with van der Waals surface area (Å²) in [6.45, 7) is -0.0767. The molecule has 2 N–H and O–H groups in total. The maximum absolute atomic E-state index is 14.4. The number of para-hydroxylation sites is 2. The number of nitrogens with one attached hydrogen (secondary N) is 2. The van der Waals surface area contributed by atoms with E-state index in [1.165, 1.54) is 48.5 Å². The number of thiocarbonyl (C=S) groups is 1. The number of anilines is 2. The summed E-state index contributed by atoms with van der Waals surface area (Å²) >= 11 is 5.14. The minimum absolute atomic E-state index is 0.0767. The second-order valence-electron chi connectivity index (χ2n) is 8.19. The third-order valence-electron chi connectivity index (χ3n) is 5.76. The van der Waals surface area contributed by atoms with Gasteiger partial charge in [0, 0.05) is 28.4 Å². The zero-order valence-corrected chi connectivity index (χ0v) is 19.9. The summed E-state index contributed by atoms with van der Waals surface area (Å²) in [7, 11) is 0. The molecule has 7 nitrogen and oxygen atoms in total. The second-order valence-corrected chi connectivity index (χ2v) is 8.58. The fourth-order valence-corrected chi connectivity index (χ4v) is 4.35. The van der Waals surface area contributed by atoms with Crippen LogP contribution in [0.4, 0.5) is 20.2 Å². The Morgan fingerprint density at radius 2 is 1.68 bits per heavy atom. The molecule has 1 aliphatic heterocycles. The molecule has 1 saturated heterocycles. The van der Waals surface area contributed by atoms with Crippen molar-refractivity contribution < 1.29 is 23.2 Å². The van der Waals surface area contributed by atoms with E-state index < -0.39 is 23.4 Å². The molecule has 37 heavy (non-hydrogen) atoms. The summed E-state index contributed by atoms with van der Waals surface area (Å²) in [5, 5.41) is 5.61. The zero-order valence-electron chi connectivity index (χ0n) is 19.1. The van der Waals surface area contributed by atoms with Crippen molar-refractivity contribution in [3.63, 3.8) is 0 Å². The summed E-state index contributed by atoms with van der Waals surface area (Å²) in [6.07, 6.45) is 3.03. The van der Waals surface area contributed by atoms with E-state index >= 15 is 0 Å². The molecule has 1 aromatic heterocycles. The molecule has 184 valence electrons. The Balaban J connectivity index is 1.49. The predicted octanol–water partition coefficient (Wildman–Crippen LogP) is 4.39. The number of aromatic nitrogens is 1. The van der Waals surface area contributed by atoms with E-state index in [0.29, 0.717) is 22.2 Å². The Kier molecular flexibility index (Phi) is 6.33. The molecule has 3 amide bonds. The van der Waals surface area contributed by atoms with Gasteiger partial charge in [-0.2, -0.15) is 0 Å². The fourth-order valence-electron chi connectivity index (χ4n) is 4.07. The lowest BCUT2D eigenvalue weighted by atomic mass is 10.1. The van der Waals surface area contributed by atoms with Crippen LogP contribution in [0.1, 0.15) is 5.56 Å². The van der Waals surface area contributed by atoms with Crippen molar-refractivity contribution in [2.45, 2.75) is 6.54 Å². The molecule has 0 spiro atoms. The molecule has 0 aliphatic carbocycles. The van der Waals surface area contributed by atoms with Gasteiger partial charge in [0.05, 0.1) is 5.69 Å². The van der Waals surface area contributed by atoms with Crippen molar-refractivity contribution in [3.8, 4) is 0 Å². The van der Waals surface area contributed by atoms with Crippen LogP contribution in [0.25, 0.3) is 17.0 Å². The van der Waals surface area contributed by atoms with E-state index in [0.717, 1.165) is 4.90 Å². The first-order valence-electron chi connectivity index (χ1n) is 11.1. The van der Waals surface area contributed by atoms with E-state index in [-0.39, 0.29) is 28.8 Å². The second kappa shape index (κ2) is 9.75. The molecule has 5 rings (SSSR count). The van der Waals surface area contributed by atoms with E-state index in [1.54, 1.807) is 41.1 Å². The molecule has 4 aromatic rings. The van der Waals surface area contributed by atoms with Crippen LogP contribution in [-0.4, -0.2) is 27.4 Å². The maximum Gasteiger partial charge on any atom is 0.270 e. The minimum Gasteiger partial charge on any atom is -0.337 e. The van der Waals surface area contributed by atoms with E-state index in [2.05, 4.69) is 10.6 Å². The van der Waals surface area contributed by atoms with Crippen molar-refractivity contribution >= 4 is 63.4 Å².